The molecule has 1 unspecified atom stereocenters. The van der Waals surface area contributed by atoms with E-state index in [4.69, 9.17) is 4.74 Å². The van der Waals surface area contributed by atoms with Gasteiger partial charge in [-0.25, -0.2) is 0 Å². The number of benzene rings is 1. The number of nitrogens with one attached hydrogen (secondary N) is 2. The van der Waals surface area contributed by atoms with Crippen LogP contribution in [0, 0.1) is 0 Å². The highest BCUT2D eigenvalue weighted by atomic mass is 35.5. The molecule has 2 atom stereocenters. The van der Waals surface area contributed by atoms with Crippen LogP contribution >= 0.6 is 12.4 Å². The van der Waals surface area contributed by atoms with Gasteiger partial charge in [-0.2, -0.15) is 0 Å². The van der Waals surface area contributed by atoms with E-state index in [0.29, 0.717) is 0 Å². The van der Waals surface area contributed by atoms with E-state index in [1.165, 1.54) is 0 Å². The summed E-state index contributed by atoms with van der Waals surface area (Å²) in [5.41, 5.74) is 0. The molecule has 1 amide bonds. The first-order valence-electron chi connectivity index (χ1n) is 6.48. The second-order valence-electron chi connectivity index (χ2n) is 4.62. The summed E-state index contributed by atoms with van der Waals surface area (Å²) in [6.45, 7) is 3.67. The van der Waals surface area contributed by atoms with Gasteiger partial charge in [0.25, 0.3) is 5.91 Å². The van der Waals surface area contributed by atoms with Gasteiger partial charge in [-0.15, -0.1) is 12.4 Å². The predicted molar refractivity (Wildman–Crippen MR) is 77.8 cm³/mol. The van der Waals surface area contributed by atoms with E-state index >= 15 is 0 Å². The Hall–Kier alpha value is -1.26. The van der Waals surface area contributed by atoms with Gasteiger partial charge in [0.15, 0.2) is 6.10 Å². The molecule has 1 fully saturated rings. The second-order valence-corrected chi connectivity index (χ2v) is 4.62. The van der Waals surface area contributed by atoms with E-state index in [2.05, 4.69) is 10.6 Å². The minimum atomic E-state index is -0.464. The molecular formula is C14H21ClN2O2. The molecule has 5 heteroatoms. The number of piperidine rings is 1. The summed E-state index contributed by atoms with van der Waals surface area (Å²) in [6, 6.07) is 9.65. The molecule has 1 aromatic rings. The number of amides is 1. The van der Waals surface area contributed by atoms with Gasteiger partial charge < -0.3 is 15.4 Å². The molecule has 0 aliphatic carbocycles. The van der Waals surface area contributed by atoms with Crippen LogP contribution in [-0.4, -0.2) is 31.1 Å². The van der Waals surface area contributed by atoms with Crippen LogP contribution in [0.15, 0.2) is 30.3 Å². The van der Waals surface area contributed by atoms with Gasteiger partial charge in [0.2, 0.25) is 0 Å². The summed E-state index contributed by atoms with van der Waals surface area (Å²) in [4.78, 5) is 12.0. The summed E-state index contributed by atoms with van der Waals surface area (Å²) in [5, 5.41) is 6.29. The van der Waals surface area contributed by atoms with Crippen LogP contribution in [-0.2, 0) is 4.79 Å². The Morgan fingerprint density at radius 1 is 1.42 bits per heavy atom. The van der Waals surface area contributed by atoms with Crippen LogP contribution in [0.3, 0.4) is 0 Å². The highest BCUT2D eigenvalue weighted by molar-refractivity contribution is 5.85. The minimum absolute atomic E-state index is 0. The van der Waals surface area contributed by atoms with E-state index in [1.807, 2.05) is 30.3 Å². The highest BCUT2D eigenvalue weighted by Crippen LogP contribution is 2.11. The average molecular weight is 285 g/mol. The van der Waals surface area contributed by atoms with Gasteiger partial charge >= 0.3 is 0 Å². The third kappa shape index (κ3) is 5.09. The van der Waals surface area contributed by atoms with Crippen molar-refractivity contribution in [3.8, 4) is 5.75 Å². The lowest BCUT2D eigenvalue weighted by Crippen LogP contribution is -2.49. The number of ether oxygens (including phenoxy) is 1. The minimum Gasteiger partial charge on any atom is -0.481 e. The van der Waals surface area contributed by atoms with Crippen molar-refractivity contribution in [2.24, 2.45) is 0 Å². The number of halogens is 1. The summed E-state index contributed by atoms with van der Waals surface area (Å²) in [7, 11) is 0. The molecule has 1 aromatic carbocycles. The maximum atomic E-state index is 12.0. The third-order valence-corrected chi connectivity index (χ3v) is 3.07. The zero-order chi connectivity index (χ0) is 12.8. The van der Waals surface area contributed by atoms with Crippen LogP contribution in [0.4, 0.5) is 0 Å². The van der Waals surface area contributed by atoms with Gasteiger partial charge in [0.1, 0.15) is 5.75 Å². The lowest BCUT2D eigenvalue weighted by atomic mass is 10.1. The Bertz CT molecular complexity index is 380. The van der Waals surface area contributed by atoms with E-state index < -0.39 is 6.10 Å². The maximum absolute atomic E-state index is 12.0. The molecule has 1 aliphatic rings. The Morgan fingerprint density at radius 2 is 2.16 bits per heavy atom. The number of rotatable bonds is 4. The zero-order valence-corrected chi connectivity index (χ0v) is 11.9. The van der Waals surface area contributed by atoms with Crippen molar-refractivity contribution in [1.29, 1.82) is 0 Å². The van der Waals surface area contributed by atoms with Gasteiger partial charge in [-0.05, 0) is 38.4 Å². The predicted octanol–water partition coefficient (Wildman–Crippen LogP) is 1.74. The normalized spacial score (nSPS) is 19.9. The summed E-state index contributed by atoms with van der Waals surface area (Å²) >= 11 is 0. The number of carbonyl (C=O) groups excluding carboxylic acids is 1. The molecule has 4 nitrogen and oxygen atoms in total. The first-order chi connectivity index (χ1) is 8.75. The van der Waals surface area contributed by atoms with Crippen molar-refractivity contribution in [3.63, 3.8) is 0 Å². The first kappa shape index (κ1) is 15.8. The van der Waals surface area contributed by atoms with Crippen molar-refractivity contribution in [2.45, 2.75) is 31.9 Å². The quantitative estimate of drug-likeness (QED) is 0.886. The SMILES string of the molecule is CC(Oc1ccccc1)C(=O)N[C@H]1CCCNC1.Cl. The number of hydrogen-bond acceptors (Lipinski definition) is 3. The molecule has 0 aromatic heterocycles. The lowest BCUT2D eigenvalue weighted by Gasteiger charge is -2.25. The van der Waals surface area contributed by atoms with Crippen molar-refractivity contribution in [1.82, 2.24) is 10.6 Å². The lowest BCUT2D eigenvalue weighted by molar-refractivity contribution is -0.128. The molecule has 2 N–H and O–H groups in total. The van der Waals surface area contributed by atoms with E-state index in [9.17, 15) is 4.79 Å². The van der Waals surface area contributed by atoms with Crippen molar-refractivity contribution in [3.05, 3.63) is 30.3 Å². The van der Waals surface area contributed by atoms with E-state index in [0.717, 1.165) is 31.7 Å². The van der Waals surface area contributed by atoms with Crippen LogP contribution < -0.4 is 15.4 Å². The highest BCUT2D eigenvalue weighted by Gasteiger charge is 2.20. The van der Waals surface area contributed by atoms with Crippen molar-refractivity contribution < 1.29 is 9.53 Å². The topological polar surface area (TPSA) is 50.4 Å². The summed E-state index contributed by atoms with van der Waals surface area (Å²) < 4.78 is 5.59. The first-order valence-corrected chi connectivity index (χ1v) is 6.48. The molecule has 1 heterocycles. The molecular weight excluding hydrogens is 264 g/mol. The van der Waals surface area contributed by atoms with Gasteiger partial charge in [-0.3, -0.25) is 4.79 Å². The molecule has 0 radical (unpaired) electrons. The van der Waals surface area contributed by atoms with Crippen molar-refractivity contribution in [2.75, 3.05) is 13.1 Å². The monoisotopic (exact) mass is 284 g/mol. The van der Waals surface area contributed by atoms with Crippen molar-refractivity contribution >= 4 is 18.3 Å². The fourth-order valence-electron chi connectivity index (χ4n) is 2.05. The maximum Gasteiger partial charge on any atom is 0.261 e. The fraction of sp³-hybridized carbons (Fsp3) is 0.500. The molecule has 0 bridgehead atoms. The fourth-order valence-corrected chi connectivity index (χ4v) is 2.05. The van der Waals surface area contributed by atoms with Crippen LogP contribution in [0.2, 0.25) is 0 Å². The number of hydrogen-bond donors (Lipinski definition) is 2. The largest absolute Gasteiger partial charge is 0.481 e. The second kappa shape index (κ2) is 8.02. The zero-order valence-electron chi connectivity index (χ0n) is 11.1. The van der Waals surface area contributed by atoms with Gasteiger partial charge in [-0.1, -0.05) is 18.2 Å². The smallest absolute Gasteiger partial charge is 0.261 e. The molecule has 0 saturated carbocycles. The summed E-state index contributed by atoms with van der Waals surface area (Å²) in [6.07, 6.45) is 1.68. The van der Waals surface area contributed by atoms with Crippen LogP contribution in [0.5, 0.6) is 5.75 Å². The average Bonchev–Trinajstić information content (AvgIpc) is 2.41. The van der Waals surface area contributed by atoms with Crippen LogP contribution in [0.1, 0.15) is 19.8 Å². The third-order valence-electron chi connectivity index (χ3n) is 3.07. The number of para-hydroxylation sites is 1. The number of carbonyl (C=O) groups is 1. The Balaban J connectivity index is 0.00000180. The van der Waals surface area contributed by atoms with Gasteiger partial charge in [0.05, 0.1) is 0 Å². The van der Waals surface area contributed by atoms with Gasteiger partial charge in [0, 0.05) is 12.6 Å². The molecule has 0 spiro atoms. The van der Waals surface area contributed by atoms with E-state index in [-0.39, 0.29) is 24.4 Å². The Labute approximate surface area is 120 Å². The molecule has 19 heavy (non-hydrogen) atoms. The molecule has 106 valence electrons. The molecule has 2 rings (SSSR count). The summed E-state index contributed by atoms with van der Waals surface area (Å²) in [5.74, 6) is 0.675. The van der Waals surface area contributed by atoms with E-state index in [1.54, 1.807) is 6.92 Å². The molecule has 1 saturated heterocycles. The standard InChI is InChI=1S/C14H20N2O2.ClH/c1-11(18-13-7-3-2-4-8-13)14(17)16-12-6-5-9-15-10-12;/h2-4,7-8,11-12,15H,5-6,9-10H2,1H3,(H,16,17);1H/t11?,12-;/m0./s1. The Morgan fingerprint density at radius 3 is 2.79 bits per heavy atom. The molecule has 1 aliphatic heterocycles. The van der Waals surface area contributed by atoms with Crippen LogP contribution in [0.25, 0.3) is 0 Å². The Kier molecular flexibility index (Phi) is 6.67.